The number of nitrogens with one attached hydrogen (secondary N) is 1. The van der Waals surface area contributed by atoms with Crippen molar-refractivity contribution in [3.8, 4) is 11.4 Å². The number of nitrogens with two attached hydrogens (primary N) is 1. The van der Waals surface area contributed by atoms with Crippen LogP contribution in [0.15, 0.2) is 65.8 Å². The first-order valence-corrected chi connectivity index (χ1v) is 7.97. The molecule has 0 spiro atoms. The van der Waals surface area contributed by atoms with E-state index in [1.165, 1.54) is 0 Å². The molecule has 0 aliphatic rings. The number of ether oxygens (including phenoxy) is 1. The third kappa shape index (κ3) is 4.17. The lowest BCUT2D eigenvalue weighted by Gasteiger charge is -2.09. The average Bonchev–Trinajstić information content (AvgIpc) is 3.07. The Morgan fingerprint density at radius 2 is 1.92 bits per heavy atom. The summed E-state index contributed by atoms with van der Waals surface area (Å²) in [6.07, 6.45) is 1.94. The van der Waals surface area contributed by atoms with E-state index >= 15 is 0 Å². The minimum Gasteiger partial charge on any atom is -0.497 e. The summed E-state index contributed by atoms with van der Waals surface area (Å²) in [5, 5.41) is 7.54. The molecule has 0 radical (unpaired) electrons. The summed E-state index contributed by atoms with van der Waals surface area (Å²) in [5.41, 5.74) is 9.88. The van der Waals surface area contributed by atoms with Crippen molar-refractivity contribution >= 4 is 11.6 Å². The number of hydrogen-bond donors (Lipinski definition) is 2. The summed E-state index contributed by atoms with van der Waals surface area (Å²) in [6.45, 7) is 2.43. The van der Waals surface area contributed by atoms with Crippen LogP contribution in [-0.2, 0) is 6.54 Å². The van der Waals surface area contributed by atoms with Gasteiger partial charge in [-0.3, -0.25) is 0 Å². The van der Waals surface area contributed by atoms with Crippen LogP contribution in [0.4, 0.5) is 5.69 Å². The second-order valence-corrected chi connectivity index (χ2v) is 5.59. The molecule has 0 amide bonds. The molecule has 6 heteroatoms. The normalized spacial score (nSPS) is 11.4. The molecule has 0 saturated carbocycles. The third-order valence-corrected chi connectivity index (χ3v) is 3.74. The van der Waals surface area contributed by atoms with Crippen LogP contribution in [0.25, 0.3) is 5.69 Å². The summed E-state index contributed by atoms with van der Waals surface area (Å²) in [4.78, 5) is 4.44. The number of aryl methyl sites for hydroxylation is 1. The molecule has 0 fully saturated rings. The van der Waals surface area contributed by atoms with Gasteiger partial charge < -0.3 is 15.8 Å². The molecule has 0 saturated heterocycles. The molecule has 0 aliphatic carbocycles. The molecule has 3 N–H and O–H groups in total. The molecule has 1 aromatic heterocycles. The number of guanidine groups is 1. The zero-order chi connectivity index (χ0) is 17.6. The molecular weight excluding hydrogens is 314 g/mol. The summed E-state index contributed by atoms with van der Waals surface area (Å²) in [5.74, 6) is 1.15. The molecule has 128 valence electrons. The molecular formula is C19H21N5O. The van der Waals surface area contributed by atoms with Gasteiger partial charge in [0.15, 0.2) is 5.96 Å². The van der Waals surface area contributed by atoms with E-state index in [9.17, 15) is 0 Å². The molecule has 0 unspecified atom stereocenters. The molecule has 0 atom stereocenters. The standard InChI is InChI=1S/C19H21N5O/c1-14-11-12-24(23-14)18-6-4-3-5-15(18)13-21-19(20)22-16-7-9-17(25-2)10-8-16/h3-12H,13H2,1-2H3,(H3,20,21,22). The van der Waals surface area contributed by atoms with E-state index in [0.29, 0.717) is 12.5 Å². The van der Waals surface area contributed by atoms with Gasteiger partial charge in [0, 0.05) is 11.9 Å². The SMILES string of the molecule is COc1ccc(NC(N)=NCc2ccccc2-n2ccc(C)n2)cc1. The molecule has 0 aliphatic heterocycles. The Bertz CT molecular complexity index is 868. The van der Waals surface area contributed by atoms with Gasteiger partial charge in [-0.2, -0.15) is 5.10 Å². The second kappa shape index (κ2) is 7.53. The fourth-order valence-electron chi connectivity index (χ4n) is 2.45. The maximum Gasteiger partial charge on any atom is 0.193 e. The van der Waals surface area contributed by atoms with Crippen molar-refractivity contribution in [1.29, 1.82) is 0 Å². The van der Waals surface area contributed by atoms with Crippen molar-refractivity contribution < 1.29 is 4.74 Å². The predicted octanol–water partition coefficient (Wildman–Crippen LogP) is 3.12. The Morgan fingerprint density at radius 3 is 2.60 bits per heavy atom. The van der Waals surface area contributed by atoms with Gasteiger partial charge in [0.2, 0.25) is 0 Å². The number of nitrogens with zero attached hydrogens (tertiary/aromatic N) is 3. The van der Waals surface area contributed by atoms with Crippen LogP contribution in [0, 0.1) is 6.92 Å². The van der Waals surface area contributed by atoms with Gasteiger partial charge in [0.25, 0.3) is 0 Å². The third-order valence-electron chi connectivity index (χ3n) is 3.74. The second-order valence-electron chi connectivity index (χ2n) is 5.59. The molecule has 3 aromatic rings. The minimum atomic E-state index is 0.358. The molecule has 25 heavy (non-hydrogen) atoms. The number of methoxy groups -OCH3 is 1. The highest BCUT2D eigenvalue weighted by Gasteiger charge is 2.05. The number of aromatic nitrogens is 2. The van der Waals surface area contributed by atoms with Gasteiger partial charge in [-0.1, -0.05) is 18.2 Å². The topological polar surface area (TPSA) is 77.5 Å². The van der Waals surface area contributed by atoms with E-state index in [0.717, 1.165) is 28.4 Å². The lowest BCUT2D eigenvalue weighted by molar-refractivity contribution is 0.415. The Labute approximate surface area is 147 Å². The van der Waals surface area contributed by atoms with Crippen molar-refractivity contribution in [2.24, 2.45) is 10.7 Å². The van der Waals surface area contributed by atoms with E-state index in [-0.39, 0.29) is 0 Å². The van der Waals surface area contributed by atoms with E-state index in [2.05, 4.69) is 15.4 Å². The number of rotatable bonds is 5. The largest absolute Gasteiger partial charge is 0.497 e. The number of aliphatic imine (C=N–C) groups is 1. The lowest BCUT2D eigenvalue weighted by atomic mass is 10.2. The van der Waals surface area contributed by atoms with Crippen LogP contribution in [0.5, 0.6) is 5.75 Å². The van der Waals surface area contributed by atoms with Crippen molar-refractivity contribution in [2.45, 2.75) is 13.5 Å². The van der Waals surface area contributed by atoms with Gasteiger partial charge in [-0.15, -0.1) is 0 Å². The van der Waals surface area contributed by atoms with E-state index in [1.807, 2.05) is 72.4 Å². The highest BCUT2D eigenvalue weighted by atomic mass is 16.5. The summed E-state index contributed by atoms with van der Waals surface area (Å²) >= 11 is 0. The van der Waals surface area contributed by atoms with Crippen LogP contribution in [0.3, 0.4) is 0 Å². The van der Waals surface area contributed by atoms with Gasteiger partial charge >= 0.3 is 0 Å². The Morgan fingerprint density at radius 1 is 1.16 bits per heavy atom. The number of anilines is 1. The molecule has 0 bridgehead atoms. The van der Waals surface area contributed by atoms with Gasteiger partial charge in [0.05, 0.1) is 25.0 Å². The molecule has 1 heterocycles. The van der Waals surface area contributed by atoms with Gasteiger partial charge in [-0.05, 0) is 48.9 Å². The lowest BCUT2D eigenvalue weighted by Crippen LogP contribution is -2.22. The zero-order valence-corrected chi connectivity index (χ0v) is 14.3. The van der Waals surface area contributed by atoms with Crippen molar-refractivity contribution in [1.82, 2.24) is 9.78 Å². The maximum absolute atomic E-state index is 6.00. The van der Waals surface area contributed by atoms with E-state index < -0.39 is 0 Å². The monoisotopic (exact) mass is 335 g/mol. The maximum atomic E-state index is 6.00. The number of hydrogen-bond acceptors (Lipinski definition) is 3. The first kappa shape index (κ1) is 16.6. The van der Waals surface area contributed by atoms with Gasteiger partial charge in [0.1, 0.15) is 5.75 Å². The van der Waals surface area contributed by atoms with Crippen LogP contribution in [0.2, 0.25) is 0 Å². The van der Waals surface area contributed by atoms with Crippen LogP contribution < -0.4 is 15.8 Å². The summed E-state index contributed by atoms with van der Waals surface area (Å²) < 4.78 is 6.99. The first-order valence-electron chi connectivity index (χ1n) is 7.97. The fourth-order valence-corrected chi connectivity index (χ4v) is 2.45. The van der Waals surface area contributed by atoms with Crippen LogP contribution in [-0.4, -0.2) is 22.8 Å². The Kier molecular flexibility index (Phi) is 4.99. The number of para-hydroxylation sites is 1. The molecule has 6 nitrogen and oxygen atoms in total. The fraction of sp³-hybridized carbons (Fsp3) is 0.158. The van der Waals surface area contributed by atoms with E-state index in [1.54, 1.807) is 7.11 Å². The van der Waals surface area contributed by atoms with Crippen molar-refractivity contribution in [3.63, 3.8) is 0 Å². The minimum absolute atomic E-state index is 0.358. The molecule has 3 rings (SSSR count). The van der Waals surface area contributed by atoms with Crippen molar-refractivity contribution in [3.05, 3.63) is 72.1 Å². The first-order chi connectivity index (χ1) is 12.2. The highest BCUT2D eigenvalue weighted by molar-refractivity contribution is 5.92. The predicted molar refractivity (Wildman–Crippen MR) is 100 cm³/mol. The summed E-state index contributed by atoms with van der Waals surface area (Å²) in [6, 6.07) is 17.5. The zero-order valence-electron chi connectivity index (χ0n) is 14.3. The molecule has 2 aromatic carbocycles. The Hall–Kier alpha value is -3.28. The smallest absolute Gasteiger partial charge is 0.193 e. The quantitative estimate of drug-likeness (QED) is 0.555. The highest BCUT2D eigenvalue weighted by Crippen LogP contribution is 2.16. The summed E-state index contributed by atoms with van der Waals surface area (Å²) in [7, 11) is 1.64. The van der Waals surface area contributed by atoms with Gasteiger partial charge in [-0.25, -0.2) is 9.67 Å². The number of benzene rings is 2. The van der Waals surface area contributed by atoms with Crippen LogP contribution >= 0.6 is 0 Å². The Balaban J connectivity index is 1.72. The average molecular weight is 335 g/mol. The van der Waals surface area contributed by atoms with E-state index in [4.69, 9.17) is 10.5 Å². The van der Waals surface area contributed by atoms with Crippen molar-refractivity contribution in [2.75, 3.05) is 12.4 Å². The van der Waals surface area contributed by atoms with Crippen LogP contribution in [0.1, 0.15) is 11.3 Å².